The fraction of sp³-hybridized carbons (Fsp3) is 0.100. The molecule has 1 aliphatic rings. The quantitative estimate of drug-likeness (QED) is 0.609. The van der Waals surface area contributed by atoms with E-state index in [0.29, 0.717) is 18.2 Å². The number of thiophene rings is 1. The van der Waals surface area contributed by atoms with Gasteiger partial charge in [0.25, 0.3) is 0 Å². The van der Waals surface area contributed by atoms with Crippen LogP contribution in [0.2, 0.25) is 0 Å². The van der Waals surface area contributed by atoms with Crippen LogP contribution in [0.3, 0.4) is 0 Å². The summed E-state index contributed by atoms with van der Waals surface area (Å²) in [6, 6.07) is 12.0. The Morgan fingerprint density at radius 3 is 2.75 bits per heavy atom. The molecule has 0 saturated carbocycles. The number of carbonyl (C=O) groups excluding carboxylic acids is 1. The van der Waals surface area contributed by atoms with Crippen molar-refractivity contribution in [2.75, 3.05) is 22.2 Å². The van der Waals surface area contributed by atoms with Crippen LogP contribution in [0.4, 0.5) is 25.2 Å². The topological polar surface area (TPSA) is 68.2 Å². The van der Waals surface area contributed by atoms with E-state index in [2.05, 4.69) is 10.6 Å². The second-order valence-corrected chi connectivity index (χ2v) is 7.20. The van der Waals surface area contributed by atoms with Gasteiger partial charge in [0.1, 0.15) is 22.5 Å². The van der Waals surface area contributed by atoms with E-state index in [0.717, 1.165) is 34.5 Å². The number of anilines is 3. The Hall–Kier alpha value is -3.26. The molecule has 0 radical (unpaired) electrons. The minimum absolute atomic E-state index is 0.00789. The van der Waals surface area contributed by atoms with Crippen LogP contribution in [0.25, 0.3) is 0 Å². The summed E-state index contributed by atoms with van der Waals surface area (Å²) >= 11 is 1.56. The predicted molar refractivity (Wildman–Crippen MR) is 107 cm³/mol. The highest BCUT2D eigenvalue weighted by molar-refractivity contribution is 7.14. The fourth-order valence-electron chi connectivity index (χ4n) is 3.01. The van der Waals surface area contributed by atoms with Gasteiger partial charge in [-0.2, -0.15) is 0 Å². The first-order valence-corrected chi connectivity index (χ1v) is 9.41. The van der Waals surface area contributed by atoms with E-state index in [9.17, 15) is 13.6 Å². The zero-order valence-corrected chi connectivity index (χ0v) is 15.4. The molecule has 0 bridgehead atoms. The summed E-state index contributed by atoms with van der Waals surface area (Å²) in [4.78, 5) is 14.0. The minimum Gasteiger partial charge on any atom is -0.359 e. The van der Waals surface area contributed by atoms with E-state index >= 15 is 0 Å². The highest BCUT2D eigenvalue weighted by atomic mass is 32.1. The van der Waals surface area contributed by atoms with Crippen LogP contribution in [0.5, 0.6) is 0 Å². The monoisotopic (exact) mass is 398 g/mol. The summed E-state index contributed by atoms with van der Waals surface area (Å²) in [5.74, 6) is -1.23. The van der Waals surface area contributed by atoms with Crippen LogP contribution < -0.4 is 15.5 Å². The van der Waals surface area contributed by atoms with Crippen molar-refractivity contribution < 1.29 is 13.6 Å². The molecular weight excluding hydrogens is 382 g/mol. The number of amides is 1. The highest BCUT2D eigenvalue weighted by Crippen LogP contribution is 2.30. The number of hydrogen-bond acceptors (Lipinski definition) is 4. The average Bonchev–Trinajstić information content (AvgIpc) is 3.16. The van der Waals surface area contributed by atoms with Gasteiger partial charge in [0.05, 0.1) is 18.7 Å². The third-order valence-electron chi connectivity index (χ3n) is 4.41. The van der Waals surface area contributed by atoms with Crippen LogP contribution in [0.15, 0.2) is 53.9 Å². The summed E-state index contributed by atoms with van der Waals surface area (Å²) in [6.45, 7) is 0.483. The third kappa shape index (κ3) is 3.59. The zero-order chi connectivity index (χ0) is 19.7. The second-order valence-electron chi connectivity index (χ2n) is 6.28. The van der Waals surface area contributed by atoms with Crippen molar-refractivity contribution in [1.29, 1.82) is 5.41 Å². The molecule has 0 saturated heterocycles. The molecule has 3 N–H and O–H groups in total. The van der Waals surface area contributed by atoms with Gasteiger partial charge in [0.15, 0.2) is 0 Å². The number of rotatable bonds is 4. The number of nitrogens with one attached hydrogen (secondary N) is 3. The molecule has 0 aliphatic carbocycles. The van der Waals surface area contributed by atoms with Crippen LogP contribution in [0.1, 0.15) is 11.1 Å². The van der Waals surface area contributed by atoms with Crippen molar-refractivity contribution in [2.24, 2.45) is 0 Å². The molecule has 0 spiro atoms. The Kier molecular flexibility index (Phi) is 4.79. The number of carbonyl (C=O) groups is 1. The summed E-state index contributed by atoms with van der Waals surface area (Å²) < 4.78 is 26.9. The molecule has 1 aromatic heterocycles. The number of hydrogen-bond donors (Lipinski definition) is 3. The smallest absolute Gasteiger partial charge is 0.228 e. The molecule has 8 heteroatoms. The van der Waals surface area contributed by atoms with Gasteiger partial charge in [-0.25, -0.2) is 8.78 Å². The van der Waals surface area contributed by atoms with E-state index in [-0.39, 0.29) is 12.0 Å². The van der Waals surface area contributed by atoms with E-state index in [1.165, 1.54) is 0 Å². The van der Waals surface area contributed by atoms with Gasteiger partial charge < -0.3 is 15.5 Å². The Balaban J connectivity index is 1.43. The molecule has 0 atom stereocenters. The SMILES string of the molecule is N=C1c2ccsc2NCN1c1ccc(NC(=O)Cc2cc(F)ccc2F)cc1. The molecule has 2 aromatic carbocycles. The largest absolute Gasteiger partial charge is 0.359 e. The van der Waals surface area contributed by atoms with Crippen LogP contribution >= 0.6 is 11.3 Å². The lowest BCUT2D eigenvalue weighted by Crippen LogP contribution is -2.39. The van der Waals surface area contributed by atoms with Gasteiger partial charge in [0, 0.05) is 16.9 Å². The number of nitrogens with zero attached hydrogens (tertiary/aromatic N) is 1. The molecule has 142 valence electrons. The zero-order valence-electron chi connectivity index (χ0n) is 14.6. The van der Waals surface area contributed by atoms with Crippen molar-refractivity contribution in [1.82, 2.24) is 0 Å². The molecule has 28 heavy (non-hydrogen) atoms. The molecule has 1 aliphatic heterocycles. The average molecular weight is 398 g/mol. The van der Waals surface area contributed by atoms with Gasteiger partial charge in [0.2, 0.25) is 5.91 Å². The molecular formula is C20H16F2N4OS. The Bertz CT molecular complexity index is 1050. The molecule has 0 unspecified atom stereocenters. The molecule has 3 aromatic rings. The van der Waals surface area contributed by atoms with E-state index < -0.39 is 17.5 Å². The lowest BCUT2D eigenvalue weighted by atomic mass is 10.1. The van der Waals surface area contributed by atoms with Crippen LogP contribution in [-0.4, -0.2) is 18.4 Å². The Labute approximate surface area is 164 Å². The van der Waals surface area contributed by atoms with Gasteiger partial charge in [-0.15, -0.1) is 11.3 Å². The normalized spacial score (nSPS) is 13.1. The van der Waals surface area contributed by atoms with Crippen LogP contribution in [0, 0.1) is 17.0 Å². The first-order chi connectivity index (χ1) is 13.5. The Morgan fingerprint density at radius 2 is 1.96 bits per heavy atom. The maximum absolute atomic E-state index is 13.7. The first-order valence-electron chi connectivity index (χ1n) is 8.53. The second kappa shape index (κ2) is 7.40. The molecule has 1 amide bonds. The minimum atomic E-state index is -0.615. The fourth-order valence-corrected chi connectivity index (χ4v) is 3.79. The van der Waals surface area contributed by atoms with Crippen molar-refractivity contribution in [3.63, 3.8) is 0 Å². The van der Waals surface area contributed by atoms with Gasteiger partial charge in [-0.3, -0.25) is 10.2 Å². The van der Waals surface area contributed by atoms with E-state index in [1.54, 1.807) is 35.6 Å². The molecule has 5 nitrogen and oxygen atoms in total. The van der Waals surface area contributed by atoms with E-state index in [4.69, 9.17) is 5.41 Å². The van der Waals surface area contributed by atoms with Crippen molar-refractivity contribution in [2.45, 2.75) is 6.42 Å². The number of halogens is 2. The van der Waals surface area contributed by atoms with Crippen LogP contribution in [-0.2, 0) is 11.2 Å². The maximum atomic E-state index is 13.7. The van der Waals surface area contributed by atoms with Gasteiger partial charge in [-0.05, 0) is 53.9 Å². The number of amidine groups is 1. The lowest BCUT2D eigenvalue weighted by Gasteiger charge is -2.30. The van der Waals surface area contributed by atoms with E-state index in [1.807, 2.05) is 16.3 Å². The van der Waals surface area contributed by atoms with Crippen molar-refractivity contribution >= 4 is 39.5 Å². The standard InChI is InChI=1S/C20H16F2N4OS/c21-13-1-6-17(22)12(9-13)10-18(27)25-14-2-4-15(5-3-14)26-11-24-20-16(19(26)23)7-8-28-20/h1-9,23-24H,10-11H2,(H,25,27). The molecule has 4 rings (SSSR count). The number of fused-ring (bicyclic) bond motifs is 1. The summed E-state index contributed by atoms with van der Waals surface area (Å²) in [6.07, 6.45) is -0.257. The third-order valence-corrected chi connectivity index (χ3v) is 5.28. The van der Waals surface area contributed by atoms with Gasteiger partial charge >= 0.3 is 0 Å². The summed E-state index contributed by atoms with van der Waals surface area (Å²) in [7, 11) is 0. The summed E-state index contributed by atoms with van der Waals surface area (Å²) in [5, 5.41) is 17.2. The highest BCUT2D eigenvalue weighted by Gasteiger charge is 2.22. The number of benzene rings is 2. The summed E-state index contributed by atoms with van der Waals surface area (Å²) in [5.41, 5.74) is 2.21. The van der Waals surface area contributed by atoms with Gasteiger partial charge in [-0.1, -0.05) is 0 Å². The first kappa shape index (κ1) is 18.1. The Morgan fingerprint density at radius 1 is 1.18 bits per heavy atom. The predicted octanol–water partition coefficient (Wildman–Crippen LogP) is 4.42. The van der Waals surface area contributed by atoms with Crippen molar-refractivity contribution in [3.8, 4) is 0 Å². The maximum Gasteiger partial charge on any atom is 0.228 e. The lowest BCUT2D eigenvalue weighted by molar-refractivity contribution is -0.115. The molecule has 0 fully saturated rings. The van der Waals surface area contributed by atoms with Crippen molar-refractivity contribution in [3.05, 3.63) is 76.7 Å². The molecule has 2 heterocycles.